The zero-order valence-corrected chi connectivity index (χ0v) is 16.3. The van der Waals surface area contributed by atoms with E-state index in [1.165, 1.54) is 17.8 Å². The van der Waals surface area contributed by atoms with Crippen LogP contribution < -0.4 is 5.56 Å². The van der Waals surface area contributed by atoms with E-state index < -0.39 is 0 Å². The molecule has 0 saturated heterocycles. The third-order valence-electron chi connectivity index (χ3n) is 5.21. The van der Waals surface area contributed by atoms with Crippen LogP contribution in [0.15, 0.2) is 29.1 Å². The lowest BCUT2D eigenvalue weighted by Crippen LogP contribution is -2.20. The number of carbonyl (C=O) groups excluding carboxylic acids is 1. The van der Waals surface area contributed by atoms with Crippen molar-refractivity contribution in [3.8, 4) is 11.4 Å². The van der Waals surface area contributed by atoms with E-state index in [9.17, 15) is 9.59 Å². The van der Waals surface area contributed by atoms with E-state index in [-0.39, 0.29) is 17.6 Å². The number of nitrogens with zero attached hydrogens (tertiary/aromatic N) is 1. The first-order valence-corrected chi connectivity index (χ1v) is 10.2. The fraction of sp³-hybridized carbons (Fsp3) is 0.381. The van der Waals surface area contributed by atoms with Crippen LogP contribution in [0.2, 0.25) is 0 Å². The van der Waals surface area contributed by atoms with Crippen LogP contribution in [-0.4, -0.2) is 22.0 Å². The van der Waals surface area contributed by atoms with Crippen LogP contribution in [0.3, 0.4) is 0 Å². The van der Waals surface area contributed by atoms with Gasteiger partial charge in [0.25, 0.3) is 5.56 Å². The molecular formula is C21H22N2O3S. The molecule has 5 nitrogen and oxygen atoms in total. The molecule has 0 radical (unpaired) electrons. The van der Waals surface area contributed by atoms with E-state index in [1.807, 2.05) is 31.2 Å². The number of carbonyl (C=O) groups is 1. The zero-order valence-electron chi connectivity index (χ0n) is 15.5. The number of aromatic amines is 1. The second-order valence-electron chi connectivity index (χ2n) is 7.13. The van der Waals surface area contributed by atoms with Gasteiger partial charge in [-0.2, -0.15) is 0 Å². The molecule has 4 rings (SSSR count). The molecule has 0 atom stereocenters. The lowest BCUT2D eigenvalue weighted by Gasteiger charge is -2.21. The van der Waals surface area contributed by atoms with E-state index >= 15 is 0 Å². The van der Waals surface area contributed by atoms with Gasteiger partial charge < -0.3 is 9.72 Å². The minimum Gasteiger partial charge on any atom is -0.458 e. The minimum atomic E-state index is -0.334. The Balaban J connectivity index is 1.73. The van der Waals surface area contributed by atoms with Crippen molar-refractivity contribution in [3.63, 3.8) is 0 Å². The average molecular weight is 382 g/mol. The maximum atomic E-state index is 12.7. The molecule has 1 aliphatic carbocycles. The SMILES string of the molecule is Cc1ccccc1-c1nc2sc(C(=O)OC3CCCCC3)c(C)c2c(=O)[nH]1. The topological polar surface area (TPSA) is 72.0 Å². The van der Waals surface area contributed by atoms with E-state index in [0.717, 1.165) is 36.8 Å². The molecule has 1 fully saturated rings. The fourth-order valence-corrected chi connectivity index (χ4v) is 4.76. The van der Waals surface area contributed by atoms with Crippen molar-refractivity contribution in [1.29, 1.82) is 0 Å². The quantitative estimate of drug-likeness (QED) is 0.663. The number of benzene rings is 1. The number of hydrogen-bond donors (Lipinski definition) is 1. The van der Waals surface area contributed by atoms with Crippen molar-refractivity contribution in [2.24, 2.45) is 0 Å². The Kier molecular flexibility index (Phi) is 4.83. The lowest BCUT2D eigenvalue weighted by atomic mass is 9.98. The van der Waals surface area contributed by atoms with Gasteiger partial charge in [0.05, 0.1) is 5.39 Å². The first kappa shape index (κ1) is 17.9. The van der Waals surface area contributed by atoms with Crippen LogP contribution in [0.25, 0.3) is 21.6 Å². The summed E-state index contributed by atoms with van der Waals surface area (Å²) < 4.78 is 5.69. The summed E-state index contributed by atoms with van der Waals surface area (Å²) in [5, 5.41) is 0.480. The third kappa shape index (κ3) is 3.41. The summed E-state index contributed by atoms with van der Waals surface area (Å²) in [6.07, 6.45) is 5.24. The average Bonchev–Trinajstić information content (AvgIpc) is 3.00. The van der Waals surface area contributed by atoms with Crippen LogP contribution in [0.5, 0.6) is 0 Å². The van der Waals surface area contributed by atoms with E-state index in [2.05, 4.69) is 9.97 Å². The van der Waals surface area contributed by atoms with Gasteiger partial charge in [-0.3, -0.25) is 4.79 Å². The Hall–Kier alpha value is -2.47. The largest absolute Gasteiger partial charge is 0.458 e. The molecule has 140 valence electrons. The normalized spacial score (nSPS) is 15.2. The number of aromatic nitrogens is 2. The molecule has 27 heavy (non-hydrogen) atoms. The van der Waals surface area contributed by atoms with E-state index in [1.54, 1.807) is 6.92 Å². The molecule has 1 aromatic carbocycles. The van der Waals surface area contributed by atoms with Crippen LogP contribution in [0, 0.1) is 13.8 Å². The highest BCUT2D eigenvalue weighted by Crippen LogP contribution is 2.31. The second-order valence-corrected chi connectivity index (χ2v) is 8.13. The lowest BCUT2D eigenvalue weighted by molar-refractivity contribution is 0.0216. The number of fused-ring (bicyclic) bond motifs is 1. The molecule has 0 bridgehead atoms. The highest BCUT2D eigenvalue weighted by molar-refractivity contribution is 7.20. The molecule has 1 saturated carbocycles. The molecule has 0 amide bonds. The first-order chi connectivity index (χ1) is 13.0. The molecular weight excluding hydrogens is 360 g/mol. The molecule has 1 aliphatic rings. The maximum Gasteiger partial charge on any atom is 0.348 e. The summed E-state index contributed by atoms with van der Waals surface area (Å²) in [7, 11) is 0. The second kappa shape index (κ2) is 7.27. The number of esters is 1. The van der Waals surface area contributed by atoms with Crippen molar-refractivity contribution in [2.45, 2.75) is 52.1 Å². The number of ether oxygens (including phenoxy) is 1. The van der Waals surface area contributed by atoms with Gasteiger partial charge in [0.15, 0.2) is 0 Å². The summed E-state index contributed by atoms with van der Waals surface area (Å²) in [5.74, 6) is 0.193. The molecule has 2 aromatic heterocycles. The number of thiophene rings is 1. The third-order valence-corrected chi connectivity index (χ3v) is 6.38. The summed E-state index contributed by atoms with van der Waals surface area (Å²) in [5.41, 5.74) is 2.35. The first-order valence-electron chi connectivity index (χ1n) is 9.35. The molecule has 2 heterocycles. The molecule has 0 aliphatic heterocycles. The van der Waals surface area contributed by atoms with Gasteiger partial charge in [-0.1, -0.05) is 30.7 Å². The molecule has 1 N–H and O–H groups in total. The highest BCUT2D eigenvalue weighted by atomic mass is 32.1. The van der Waals surface area contributed by atoms with Crippen LogP contribution >= 0.6 is 11.3 Å². The predicted octanol–water partition coefficient (Wildman–Crippen LogP) is 4.76. The molecule has 3 aromatic rings. The number of H-pyrrole nitrogens is 1. The van der Waals surface area contributed by atoms with Gasteiger partial charge in [0.2, 0.25) is 0 Å². The van der Waals surface area contributed by atoms with Gasteiger partial charge in [-0.25, -0.2) is 9.78 Å². The summed E-state index contributed by atoms with van der Waals surface area (Å²) in [4.78, 5) is 33.9. The minimum absolute atomic E-state index is 0.00960. The van der Waals surface area contributed by atoms with Crippen molar-refractivity contribution in [2.75, 3.05) is 0 Å². The van der Waals surface area contributed by atoms with Gasteiger partial charge in [0.1, 0.15) is 21.6 Å². The highest BCUT2D eigenvalue weighted by Gasteiger charge is 2.24. The summed E-state index contributed by atoms with van der Waals surface area (Å²) in [6, 6.07) is 7.77. The Bertz CT molecular complexity index is 1060. The molecule has 6 heteroatoms. The van der Waals surface area contributed by atoms with E-state index in [4.69, 9.17) is 4.74 Å². The van der Waals surface area contributed by atoms with Gasteiger partial charge >= 0.3 is 5.97 Å². The van der Waals surface area contributed by atoms with Crippen LogP contribution in [0.4, 0.5) is 0 Å². The van der Waals surface area contributed by atoms with E-state index in [0.29, 0.717) is 26.5 Å². The maximum absolute atomic E-state index is 12.7. The monoisotopic (exact) mass is 382 g/mol. The smallest absolute Gasteiger partial charge is 0.348 e. The summed E-state index contributed by atoms with van der Waals surface area (Å²) in [6.45, 7) is 3.77. The zero-order chi connectivity index (χ0) is 19.0. The van der Waals surface area contributed by atoms with Crippen molar-refractivity contribution < 1.29 is 9.53 Å². The Morgan fingerprint density at radius 3 is 2.67 bits per heavy atom. The van der Waals surface area contributed by atoms with Crippen molar-refractivity contribution in [1.82, 2.24) is 9.97 Å². The number of aryl methyl sites for hydroxylation is 2. The van der Waals surface area contributed by atoms with Crippen molar-refractivity contribution in [3.05, 3.63) is 50.6 Å². The van der Waals surface area contributed by atoms with Gasteiger partial charge in [-0.05, 0) is 50.7 Å². The van der Waals surface area contributed by atoms with Crippen LogP contribution in [-0.2, 0) is 4.74 Å². The fourth-order valence-electron chi connectivity index (χ4n) is 3.69. The standard InChI is InChI=1S/C21H22N2O3S/c1-12-8-6-7-11-15(12)18-22-19(24)16-13(2)17(27-20(16)23-18)21(25)26-14-9-4-3-5-10-14/h6-8,11,14H,3-5,9-10H2,1-2H3,(H,22,23,24). The Morgan fingerprint density at radius 1 is 1.19 bits per heavy atom. The van der Waals surface area contributed by atoms with Gasteiger partial charge in [-0.15, -0.1) is 11.3 Å². The number of hydrogen-bond acceptors (Lipinski definition) is 5. The van der Waals surface area contributed by atoms with Crippen molar-refractivity contribution >= 4 is 27.5 Å². The predicted molar refractivity (Wildman–Crippen MR) is 107 cm³/mol. The summed E-state index contributed by atoms with van der Waals surface area (Å²) >= 11 is 1.24. The molecule has 0 spiro atoms. The number of nitrogens with one attached hydrogen (secondary N) is 1. The Labute approximate surface area is 161 Å². The number of rotatable bonds is 3. The molecule has 0 unspecified atom stereocenters. The van der Waals surface area contributed by atoms with Crippen LogP contribution in [0.1, 0.15) is 52.9 Å². The Morgan fingerprint density at radius 2 is 1.93 bits per heavy atom. The van der Waals surface area contributed by atoms with Gasteiger partial charge in [0, 0.05) is 5.56 Å².